The minimum atomic E-state index is -1.09. The number of hydrogen-bond acceptors (Lipinski definition) is 4. The molecule has 0 amide bonds. The third-order valence-electron chi connectivity index (χ3n) is 3.78. The first-order chi connectivity index (χ1) is 11.7. The zero-order chi connectivity index (χ0) is 18.6. The number of para-hydroxylation sites is 1. The number of carboxylic acids is 1. The van der Waals surface area contributed by atoms with Crippen molar-refractivity contribution < 1.29 is 19.4 Å². The molecule has 25 heavy (non-hydrogen) atoms. The minimum Gasteiger partial charge on any atom is -0.503 e. The Bertz CT molecular complexity index is 804. The van der Waals surface area contributed by atoms with Crippen molar-refractivity contribution in [3.63, 3.8) is 0 Å². The number of carbonyl (C=O) groups is 1. The molecule has 1 aromatic carbocycles. The number of pyridine rings is 1. The van der Waals surface area contributed by atoms with Gasteiger partial charge in [0.05, 0.1) is 13.4 Å². The van der Waals surface area contributed by atoms with Crippen molar-refractivity contribution in [2.75, 3.05) is 7.11 Å². The van der Waals surface area contributed by atoms with Gasteiger partial charge in [-0.25, -0.2) is 9.78 Å². The molecular formula is C20H23NO4. The van der Waals surface area contributed by atoms with Crippen molar-refractivity contribution in [3.05, 3.63) is 59.5 Å². The lowest BCUT2D eigenvalue weighted by molar-refractivity contribution is -0.130. The highest BCUT2D eigenvalue weighted by molar-refractivity contribution is 6.16. The van der Waals surface area contributed by atoms with Gasteiger partial charge in [-0.1, -0.05) is 39.0 Å². The Balaban J connectivity index is 2.51. The van der Waals surface area contributed by atoms with Crippen LogP contribution in [-0.4, -0.2) is 23.2 Å². The third kappa shape index (κ3) is 4.38. The SMILES string of the molecule is CO/C=C(/C(=O)O)c1cccc(C)c1Oc1cc(C(C)(C)C)ccn1. The lowest BCUT2D eigenvalue weighted by atomic mass is 9.88. The molecule has 0 saturated carbocycles. The first-order valence-corrected chi connectivity index (χ1v) is 7.94. The van der Waals surface area contributed by atoms with E-state index in [0.717, 1.165) is 11.1 Å². The zero-order valence-corrected chi connectivity index (χ0v) is 15.2. The number of nitrogens with zero attached hydrogens (tertiary/aromatic N) is 1. The fraction of sp³-hybridized carbons (Fsp3) is 0.300. The van der Waals surface area contributed by atoms with E-state index in [1.807, 2.05) is 25.1 Å². The molecule has 0 atom stereocenters. The molecular weight excluding hydrogens is 318 g/mol. The van der Waals surface area contributed by atoms with Crippen LogP contribution >= 0.6 is 0 Å². The van der Waals surface area contributed by atoms with Crippen molar-refractivity contribution >= 4 is 11.5 Å². The summed E-state index contributed by atoms with van der Waals surface area (Å²) in [5, 5.41) is 9.47. The Morgan fingerprint density at radius 2 is 1.96 bits per heavy atom. The molecule has 0 saturated heterocycles. The van der Waals surface area contributed by atoms with Crippen LogP contribution in [0.15, 0.2) is 42.8 Å². The Labute approximate surface area is 147 Å². The zero-order valence-electron chi connectivity index (χ0n) is 15.2. The minimum absolute atomic E-state index is 0.0215. The maximum Gasteiger partial charge on any atom is 0.339 e. The smallest absolute Gasteiger partial charge is 0.339 e. The highest BCUT2D eigenvalue weighted by Crippen LogP contribution is 2.34. The number of ether oxygens (including phenoxy) is 2. The summed E-state index contributed by atoms with van der Waals surface area (Å²) in [6.45, 7) is 8.18. The second-order valence-corrected chi connectivity index (χ2v) is 6.76. The maximum atomic E-state index is 11.6. The van der Waals surface area contributed by atoms with Crippen molar-refractivity contribution in [2.24, 2.45) is 0 Å². The molecule has 2 aromatic rings. The predicted octanol–water partition coefficient (Wildman–Crippen LogP) is 4.55. The highest BCUT2D eigenvalue weighted by Gasteiger charge is 2.20. The molecule has 0 radical (unpaired) electrons. The van der Waals surface area contributed by atoms with E-state index in [1.54, 1.807) is 18.3 Å². The molecule has 0 unspecified atom stereocenters. The Hall–Kier alpha value is -2.82. The number of hydrogen-bond donors (Lipinski definition) is 1. The summed E-state index contributed by atoms with van der Waals surface area (Å²) >= 11 is 0. The Morgan fingerprint density at radius 3 is 2.56 bits per heavy atom. The number of methoxy groups -OCH3 is 1. The molecule has 1 N–H and O–H groups in total. The molecule has 0 bridgehead atoms. The molecule has 5 heteroatoms. The lowest BCUT2D eigenvalue weighted by Gasteiger charge is -2.20. The predicted molar refractivity (Wildman–Crippen MR) is 96.8 cm³/mol. The van der Waals surface area contributed by atoms with Gasteiger partial charge in [-0.05, 0) is 29.5 Å². The van der Waals surface area contributed by atoms with Gasteiger partial charge in [-0.15, -0.1) is 0 Å². The summed E-state index contributed by atoms with van der Waals surface area (Å²) in [6.07, 6.45) is 2.89. The summed E-state index contributed by atoms with van der Waals surface area (Å²) in [5.41, 5.74) is 2.31. The van der Waals surface area contributed by atoms with Crippen LogP contribution in [0.3, 0.4) is 0 Å². The van der Waals surface area contributed by atoms with Crippen molar-refractivity contribution in [2.45, 2.75) is 33.1 Å². The van der Waals surface area contributed by atoms with E-state index >= 15 is 0 Å². The van der Waals surface area contributed by atoms with Crippen LogP contribution in [-0.2, 0) is 14.9 Å². The molecule has 0 aliphatic rings. The summed E-state index contributed by atoms with van der Waals surface area (Å²) in [6, 6.07) is 9.15. The first kappa shape index (κ1) is 18.5. The van der Waals surface area contributed by atoms with Gasteiger partial charge in [-0.3, -0.25) is 0 Å². The second-order valence-electron chi connectivity index (χ2n) is 6.76. The average molecular weight is 341 g/mol. The summed E-state index contributed by atoms with van der Waals surface area (Å²) in [5.74, 6) is -0.217. The number of rotatable bonds is 5. The van der Waals surface area contributed by atoms with Crippen LogP contribution in [0.4, 0.5) is 0 Å². The van der Waals surface area contributed by atoms with Gasteiger partial charge in [0.2, 0.25) is 5.88 Å². The van der Waals surface area contributed by atoms with Gasteiger partial charge >= 0.3 is 5.97 Å². The topological polar surface area (TPSA) is 68.7 Å². The van der Waals surface area contributed by atoms with E-state index < -0.39 is 5.97 Å². The van der Waals surface area contributed by atoms with Crippen LogP contribution in [0.2, 0.25) is 0 Å². The van der Waals surface area contributed by atoms with Crippen LogP contribution in [0.5, 0.6) is 11.6 Å². The van der Waals surface area contributed by atoms with E-state index in [-0.39, 0.29) is 11.0 Å². The van der Waals surface area contributed by atoms with Gasteiger partial charge in [0.1, 0.15) is 11.3 Å². The van der Waals surface area contributed by atoms with Crippen LogP contribution in [0.25, 0.3) is 5.57 Å². The molecule has 0 spiro atoms. The van der Waals surface area contributed by atoms with Gasteiger partial charge < -0.3 is 14.6 Å². The van der Waals surface area contributed by atoms with Crippen LogP contribution in [0, 0.1) is 6.92 Å². The Morgan fingerprint density at radius 1 is 1.24 bits per heavy atom. The largest absolute Gasteiger partial charge is 0.503 e. The fourth-order valence-electron chi connectivity index (χ4n) is 2.38. The summed E-state index contributed by atoms with van der Waals surface area (Å²) < 4.78 is 10.9. The molecule has 0 fully saturated rings. The maximum absolute atomic E-state index is 11.6. The van der Waals surface area contributed by atoms with Gasteiger partial charge in [0.15, 0.2) is 0 Å². The van der Waals surface area contributed by atoms with E-state index in [9.17, 15) is 9.90 Å². The number of aromatic nitrogens is 1. The third-order valence-corrected chi connectivity index (χ3v) is 3.78. The first-order valence-electron chi connectivity index (χ1n) is 7.94. The second kappa shape index (κ2) is 7.38. The van der Waals surface area contributed by atoms with E-state index in [4.69, 9.17) is 9.47 Å². The summed E-state index contributed by atoms with van der Waals surface area (Å²) in [4.78, 5) is 15.8. The molecule has 1 aromatic heterocycles. The van der Waals surface area contributed by atoms with Crippen molar-refractivity contribution in [1.82, 2.24) is 4.98 Å². The van der Waals surface area contributed by atoms with Gasteiger partial charge in [0, 0.05) is 17.8 Å². The summed E-state index contributed by atoms with van der Waals surface area (Å²) in [7, 11) is 1.41. The standard InChI is InChI=1S/C20H23NO4/c1-13-7-6-8-15(16(12-24-5)19(22)23)18(13)25-17-11-14(9-10-21-17)20(2,3)4/h6-12H,1-5H3,(H,22,23)/b16-12+. The Kier molecular flexibility index (Phi) is 5.47. The lowest BCUT2D eigenvalue weighted by Crippen LogP contribution is -2.11. The fourth-order valence-corrected chi connectivity index (χ4v) is 2.38. The normalized spacial score (nSPS) is 12.0. The number of aryl methyl sites for hydroxylation is 1. The number of aliphatic carboxylic acids is 1. The quantitative estimate of drug-likeness (QED) is 0.638. The molecule has 1 heterocycles. The molecule has 2 rings (SSSR count). The molecule has 0 aliphatic carbocycles. The van der Waals surface area contributed by atoms with E-state index in [2.05, 4.69) is 25.8 Å². The van der Waals surface area contributed by atoms with E-state index in [0.29, 0.717) is 17.2 Å². The molecule has 5 nitrogen and oxygen atoms in total. The number of benzene rings is 1. The van der Waals surface area contributed by atoms with Crippen molar-refractivity contribution in [3.8, 4) is 11.6 Å². The van der Waals surface area contributed by atoms with Crippen molar-refractivity contribution in [1.29, 1.82) is 0 Å². The van der Waals surface area contributed by atoms with E-state index in [1.165, 1.54) is 13.4 Å². The highest BCUT2D eigenvalue weighted by atomic mass is 16.5. The molecule has 132 valence electrons. The van der Waals surface area contributed by atoms with Gasteiger partial charge in [-0.2, -0.15) is 0 Å². The van der Waals surface area contributed by atoms with Crippen LogP contribution < -0.4 is 4.74 Å². The van der Waals surface area contributed by atoms with Gasteiger partial charge in [0.25, 0.3) is 0 Å². The molecule has 0 aliphatic heterocycles. The number of carboxylic acid groups (broad SMARTS) is 1. The average Bonchev–Trinajstić information content (AvgIpc) is 2.54. The monoisotopic (exact) mass is 341 g/mol. The van der Waals surface area contributed by atoms with Crippen LogP contribution in [0.1, 0.15) is 37.5 Å².